The topological polar surface area (TPSA) is 47.1 Å². The van der Waals surface area contributed by atoms with Gasteiger partial charge in [-0.2, -0.15) is 0 Å². The van der Waals surface area contributed by atoms with Gasteiger partial charge in [0.05, 0.1) is 0 Å². The molecule has 0 unspecified atom stereocenters. The van der Waals surface area contributed by atoms with Crippen LogP contribution in [0, 0.1) is 0 Å². The van der Waals surface area contributed by atoms with Crippen LogP contribution in [-0.4, -0.2) is 96.9 Å². The van der Waals surface area contributed by atoms with Gasteiger partial charge in [0.25, 0.3) is 0 Å². The molecule has 0 bridgehead atoms. The van der Waals surface area contributed by atoms with Crippen molar-refractivity contribution >= 4 is 11.8 Å². The second kappa shape index (κ2) is 10.3. The first-order chi connectivity index (χ1) is 12.7. The number of likely N-dealkylation sites (tertiary alicyclic amines) is 2. The summed E-state index contributed by atoms with van der Waals surface area (Å²) in [6.45, 7) is 9.19. The monoisotopic (exact) mass is 364 g/mol. The van der Waals surface area contributed by atoms with E-state index in [0.29, 0.717) is 39.0 Å². The van der Waals surface area contributed by atoms with Gasteiger partial charge in [-0.1, -0.05) is 12.8 Å². The fourth-order valence-electron chi connectivity index (χ4n) is 4.40. The Morgan fingerprint density at radius 2 is 0.846 bits per heavy atom. The van der Waals surface area contributed by atoms with E-state index in [1.165, 1.54) is 38.5 Å². The Morgan fingerprint density at radius 1 is 0.500 bits per heavy atom. The van der Waals surface area contributed by atoms with Gasteiger partial charge in [-0.15, -0.1) is 0 Å². The molecule has 6 nitrogen and oxygen atoms in total. The Kier molecular flexibility index (Phi) is 7.74. The minimum absolute atomic E-state index is 0.260. The van der Waals surface area contributed by atoms with Crippen LogP contribution in [0.25, 0.3) is 0 Å². The lowest BCUT2D eigenvalue weighted by Gasteiger charge is -2.36. The standard InChI is InChI=1S/C20H36N4O2/c25-19(7-13-21-9-3-1-4-10-21)23-15-17-24(18-16-23)20(26)8-14-22-11-5-2-6-12-22/h1-18H2. The minimum atomic E-state index is 0.260. The summed E-state index contributed by atoms with van der Waals surface area (Å²) in [5, 5.41) is 0. The van der Waals surface area contributed by atoms with E-state index in [0.717, 1.165) is 39.3 Å². The lowest BCUT2D eigenvalue weighted by atomic mass is 10.1. The van der Waals surface area contributed by atoms with Crippen molar-refractivity contribution in [3.05, 3.63) is 0 Å². The van der Waals surface area contributed by atoms with Gasteiger partial charge in [-0.05, 0) is 51.9 Å². The zero-order valence-electron chi connectivity index (χ0n) is 16.3. The van der Waals surface area contributed by atoms with Crippen molar-refractivity contribution in [3.63, 3.8) is 0 Å². The molecule has 3 heterocycles. The van der Waals surface area contributed by atoms with Gasteiger partial charge in [-0.25, -0.2) is 0 Å². The first-order valence-electron chi connectivity index (χ1n) is 10.7. The molecular weight excluding hydrogens is 328 g/mol. The molecule has 0 saturated carbocycles. The zero-order chi connectivity index (χ0) is 18.2. The van der Waals surface area contributed by atoms with Gasteiger partial charge in [0.2, 0.25) is 11.8 Å². The van der Waals surface area contributed by atoms with Crippen LogP contribution >= 0.6 is 0 Å². The van der Waals surface area contributed by atoms with Gasteiger partial charge < -0.3 is 19.6 Å². The molecular formula is C20H36N4O2. The quantitative estimate of drug-likeness (QED) is 0.715. The van der Waals surface area contributed by atoms with Gasteiger partial charge in [0.1, 0.15) is 0 Å². The molecule has 3 aliphatic heterocycles. The molecule has 0 aromatic heterocycles. The van der Waals surface area contributed by atoms with E-state index in [2.05, 4.69) is 9.80 Å². The molecule has 0 radical (unpaired) electrons. The Morgan fingerprint density at radius 3 is 1.19 bits per heavy atom. The van der Waals surface area contributed by atoms with Gasteiger partial charge in [-0.3, -0.25) is 9.59 Å². The van der Waals surface area contributed by atoms with Gasteiger partial charge in [0, 0.05) is 52.1 Å². The van der Waals surface area contributed by atoms with Crippen LogP contribution in [0.15, 0.2) is 0 Å². The van der Waals surface area contributed by atoms with E-state index < -0.39 is 0 Å². The van der Waals surface area contributed by atoms with Crippen LogP contribution in [0.3, 0.4) is 0 Å². The Balaban J connectivity index is 1.31. The fraction of sp³-hybridized carbons (Fsp3) is 0.900. The van der Waals surface area contributed by atoms with E-state index in [1.807, 2.05) is 9.80 Å². The summed E-state index contributed by atoms with van der Waals surface area (Å²) in [7, 11) is 0. The van der Waals surface area contributed by atoms with Crippen molar-refractivity contribution in [1.82, 2.24) is 19.6 Å². The molecule has 0 spiro atoms. The molecule has 26 heavy (non-hydrogen) atoms. The molecule has 2 amide bonds. The van der Waals surface area contributed by atoms with Crippen LogP contribution in [-0.2, 0) is 9.59 Å². The highest BCUT2D eigenvalue weighted by atomic mass is 16.2. The Hall–Kier alpha value is -1.14. The average molecular weight is 365 g/mol. The van der Waals surface area contributed by atoms with E-state index in [1.54, 1.807) is 0 Å². The first-order valence-corrected chi connectivity index (χ1v) is 10.7. The predicted molar refractivity (Wildman–Crippen MR) is 103 cm³/mol. The number of hydrogen-bond donors (Lipinski definition) is 0. The highest BCUT2D eigenvalue weighted by molar-refractivity contribution is 5.78. The summed E-state index contributed by atoms with van der Waals surface area (Å²) < 4.78 is 0. The lowest BCUT2D eigenvalue weighted by molar-refractivity contribution is -0.140. The van der Waals surface area contributed by atoms with Crippen molar-refractivity contribution in [1.29, 1.82) is 0 Å². The van der Waals surface area contributed by atoms with Crippen LogP contribution in [0.1, 0.15) is 51.4 Å². The normalized spacial score (nSPS) is 23.2. The maximum Gasteiger partial charge on any atom is 0.223 e. The maximum absolute atomic E-state index is 12.4. The highest BCUT2D eigenvalue weighted by Gasteiger charge is 2.24. The average Bonchev–Trinajstić information content (AvgIpc) is 2.72. The summed E-state index contributed by atoms with van der Waals surface area (Å²) >= 11 is 0. The van der Waals surface area contributed by atoms with Crippen molar-refractivity contribution in [3.8, 4) is 0 Å². The summed E-state index contributed by atoms with van der Waals surface area (Å²) in [5.41, 5.74) is 0. The third kappa shape index (κ3) is 5.95. The number of hydrogen-bond acceptors (Lipinski definition) is 4. The van der Waals surface area contributed by atoms with E-state index in [9.17, 15) is 9.59 Å². The zero-order valence-corrected chi connectivity index (χ0v) is 16.3. The molecule has 3 rings (SSSR count). The third-order valence-corrected chi connectivity index (χ3v) is 6.17. The van der Waals surface area contributed by atoms with E-state index >= 15 is 0 Å². The number of amides is 2. The maximum atomic E-state index is 12.4. The van der Waals surface area contributed by atoms with Crippen LogP contribution in [0.2, 0.25) is 0 Å². The molecule has 0 N–H and O–H groups in total. The highest BCUT2D eigenvalue weighted by Crippen LogP contribution is 2.12. The van der Waals surface area contributed by atoms with Crippen molar-refractivity contribution in [2.45, 2.75) is 51.4 Å². The summed E-state index contributed by atoms with van der Waals surface area (Å²) in [6, 6.07) is 0. The Labute approximate surface area is 158 Å². The number of carbonyl (C=O) groups is 2. The molecule has 0 aliphatic carbocycles. The van der Waals surface area contributed by atoms with Crippen LogP contribution < -0.4 is 0 Å². The van der Waals surface area contributed by atoms with Gasteiger partial charge >= 0.3 is 0 Å². The van der Waals surface area contributed by atoms with Crippen molar-refractivity contribution in [2.75, 3.05) is 65.4 Å². The summed E-state index contributed by atoms with van der Waals surface area (Å²) in [5.74, 6) is 0.520. The minimum Gasteiger partial charge on any atom is -0.339 e. The smallest absolute Gasteiger partial charge is 0.223 e. The molecule has 0 aromatic carbocycles. The van der Waals surface area contributed by atoms with Crippen molar-refractivity contribution < 1.29 is 9.59 Å². The predicted octanol–water partition coefficient (Wildman–Crippen LogP) is 1.41. The van der Waals surface area contributed by atoms with Crippen LogP contribution in [0.5, 0.6) is 0 Å². The largest absolute Gasteiger partial charge is 0.339 e. The molecule has 3 aliphatic rings. The molecule has 148 valence electrons. The first kappa shape index (κ1) is 19.6. The summed E-state index contributed by atoms with van der Waals surface area (Å²) in [6.07, 6.45) is 9.00. The molecule has 3 fully saturated rings. The second-order valence-electron chi connectivity index (χ2n) is 8.07. The second-order valence-corrected chi connectivity index (χ2v) is 8.07. The number of piperidine rings is 2. The molecule has 3 saturated heterocycles. The Bertz CT molecular complexity index is 409. The van der Waals surface area contributed by atoms with Crippen molar-refractivity contribution in [2.24, 2.45) is 0 Å². The number of rotatable bonds is 6. The molecule has 0 aromatic rings. The van der Waals surface area contributed by atoms with E-state index in [-0.39, 0.29) is 11.8 Å². The molecule has 6 heteroatoms. The summed E-state index contributed by atoms with van der Waals surface area (Å²) in [4.78, 5) is 33.6. The van der Waals surface area contributed by atoms with E-state index in [4.69, 9.17) is 0 Å². The SMILES string of the molecule is O=C(CCN1CCCCC1)N1CCN(C(=O)CCN2CCCCC2)CC1. The number of carbonyl (C=O) groups excluding carboxylic acids is 2. The molecule has 0 atom stereocenters. The number of nitrogens with zero attached hydrogens (tertiary/aromatic N) is 4. The third-order valence-electron chi connectivity index (χ3n) is 6.17. The lowest BCUT2D eigenvalue weighted by Crippen LogP contribution is -2.51. The van der Waals surface area contributed by atoms with Gasteiger partial charge in [0.15, 0.2) is 0 Å². The number of piperazine rings is 1. The van der Waals surface area contributed by atoms with Crippen LogP contribution in [0.4, 0.5) is 0 Å². The fourth-order valence-corrected chi connectivity index (χ4v) is 4.40.